The van der Waals surface area contributed by atoms with E-state index in [0.29, 0.717) is 23.5 Å². The van der Waals surface area contributed by atoms with E-state index in [9.17, 15) is 4.79 Å². The van der Waals surface area contributed by atoms with Crippen molar-refractivity contribution in [2.24, 2.45) is 0 Å². The lowest BCUT2D eigenvalue weighted by Crippen LogP contribution is -2.38. The van der Waals surface area contributed by atoms with Gasteiger partial charge in [-0.3, -0.25) is 4.79 Å². The summed E-state index contributed by atoms with van der Waals surface area (Å²) in [4.78, 5) is 12.0. The molecule has 0 bridgehead atoms. The summed E-state index contributed by atoms with van der Waals surface area (Å²) >= 11 is 0. The van der Waals surface area contributed by atoms with Crippen molar-refractivity contribution >= 4 is 17.3 Å². The van der Waals surface area contributed by atoms with Gasteiger partial charge in [0.2, 0.25) is 0 Å². The number of benzene rings is 1. The highest BCUT2D eigenvalue weighted by atomic mass is 16.5. The minimum absolute atomic E-state index is 0.00940. The topological polar surface area (TPSA) is 90.4 Å². The van der Waals surface area contributed by atoms with Crippen LogP contribution >= 0.6 is 0 Å². The van der Waals surface area contributed by atoms with Gasteiger partial charge in [-0.1, -0.05) is 13.3 Å². The SMILES string of the molecule is CCCC(COC)NC(=O)c1cc(N)cc(N)c1. The summed E-state index contributed by atoms with van der Waals surface area (Å²) in [6.07, 6.45) is 1.85. The number of rotatable bonds is 6. The van der Waals surface area contributed by atoms with Gasteiger partial charge >= 0.3 is 0 Å². The standard InChI is InChI=1S/C13H21N3O2/c1-3-4-12(8-18-2)16-13(17)9-5-10(14)7-11(15)6-9/h5-7,12H,3-4,8,14-15H2,1-2H3,(H,16,17). The quantitative estimate of drug-likeness (QED) is 0.666. The fourth-order valence-corrected chi connectivity index (χ4v) is 1.82. The minimum Gasteiger partial charge on any atom is -0.399 e. The number of carbonyl (C=O) groups excluding carboxylic acids is 1. The highest BCUT2D eigenvalue weighted by Gasteiger charge is 2.13. The highest BCUT2D eigenvalue weighted by Crippen LogP contribution is 2.14. The minimum atomic E-state index is -0.176. The van der Waals surface area contributed by atoms with Crippen LogP contribution in [0.4, 0.5) is 11.4 Å². The molecule has 0 saturated carbocycles. The van der Waals surface area contributed by atoms with Crippen molar-refractivity contribution in [3.8, 4) is 0 Å². The van der Waals surface area contributed by atoms with Crippen LogP contribution in [0, 0.1) is 0 Å². The van der Waals surface area contributed by atoms with Gasteiger partial charge in [-0.15, -0.1) is 0 Å². The molecule has 0 heterocycles. The Bertz CT molecular complexity index is 381. The van der Waals surface area contributed by atoms with Gasteiger partial charge in [0.1, 0.15) is 0 Å². The van der Waals surface area contributed by atoms with Crippen molar-refractivity contribution in [1.29, 1.82) is 0 Å². The number of hydrogen-bond acceptors (Lipinski definition) is 4. The van der Waals surface area contributed by atoms with Gasteiger partial charge < -0.3 is 21.5 Å². The second-order valence-electron chi connectivity index (χ2n) is 4.30. The Balaban J connectivity index is 2.73. The van der Waals surface area contributed by atoms with Gasteiger partial charge in [0, 0.05) is 24.0 Å². The van der Waals surface area contributed by atoms with E-state index in [0.717, 1.165) is 12.8 Å². The Morgan fingerprint density at radius 1 is 1.33 bits per heavy atom. The van der Waals surface area contributed by atoms with Crippen LogP contribution in [-0.4, -0.2) is 25.7 Å². The number of nitrogen functional groups attached to an aromatic ring is 2. The lowest BCUT2D eigenvalue weighted by molar-refractivity contribution is 0.0891. The Labute approximate surface area is 107 Å². The Kier molecular flexibility index (Phi) is 5.45. The molecule has 1 atom stereocenters. The predicted octanol–water partition coefficient (Wildman–Crippen LogP) is 1.40. The zero-order valence-corrected chi connectivity index (χ0v) is 10.9. The molecule has 0 radical (unpaired) electrons. The van der Waals surface area contributed by atoms with E-state index in [1.165, 1.54) is 0 Å². The van der Waals surface area contributed by atoms with Crippen molar-refractivity contribution in [2.75, 3.05) is 25.2 Å². The van der Waals surface area contributed by atoms with Crippen molar-refractivity contribution in [1.82, 2.24) is 5.32 Å². The summed E-state index contributed by atoms with van der Waals surface area (Å²) in [5.41, 5.74) is 12.8. The molecule has 1 amide bonds. The van der Waals surface area contributed by atoms with E-state index in [1.54, 1.807) is 25.3 Å². The van der Waals surface area contributed by atoms with Crippen molar-refractivity contribution in [2.45, 2.75) is 25.8 Å². The molecular weight excluding hydrogens is 230 g/mol. The molecule has 0 aromatic heterocycles. The van der Waals surface area contributed by atoms with Gasteiger partial charge in [0.15, 0.2) is 0 Å². The molecule has 1 aromatic rings. The van der Waals surface area contributed by atoms with E-state index >= 15 is 0 Å². The van der Waals surface area contributed by atoms with Gasteiger partial charge in [-0.05, 0) is 24.6 Å². The maximum absolute atomic E-state index is 12.0. The Hall–Kier alpha value is -1.75. The molecular formula is C13H21N3O2. The van der Waals surface area contributed by atoms with Crippen molar-refractivity contribution in [3.63, 3.8) is 0 Å². The Morgan fingerprint density at radius 2 is 1.94 bits per heavy atom. The molecule has 5 nitrogen and oxygen atoms in total. The number of nitrogens with two attached hydrogens (primary N) is 2. The van der Waals surface area contributed by atoms with E-state index < -0.39 is 0 Å². The number of amides is 1. The van der Waals surface area contributed by atoms with Crippen LogP contribution in [0.15, 0.2) is 18.2 Å². The zero-order chi connectivity index (χ0) is 13.5. The molecule has 1 rings (SSSR count). The highest BCUT2D eigenvalue weighted by molar-refractivity contribution is 5.96. The first-order valence-electron chi connectivity index (χ1n) is 6.02. The van der Waals surface area contributed by atoms with Gasteiger partial charge in [-0.2, -0.15) is 0 Å². The van der Waals surface area contributed by atoms with Gasteiger partial charge in [0.05, 0.1) is 12.6 Å². The van der Waals surface area contributed by atoms with Crippen LogP contribution in [-0.2, 0) is 4.74 Å². The summed E-state index contributed by atoms with van der Waals surface area (Å²) in [5, 5.41) is 2.91. The maximum Gasteiger partial charge on any atom is 0.251 e. The average Bonchev–Trinajstić information content (AvgIpc) is 2.28. The predicted molar refractivity (Wildman–Crippen MR) is 73.3 cm³/mol. The first-order chi connectivity index (χ1) is 8.56. The monoisotopic (exact) mass is 251 g/mol. The van der Waals surface area contributed by atoms with Crippen LogP contribution in [0.3, 0.4) is 0 Å². The van der Waals surface area contributed by atoms with E-state index in [4.69, 9.17) is 16.2 Å². The van der Waals surface area contributed by atoms with E-state index in [1.807, 2.05) is 0 Å². The number of hydrogen-bond donors (Lipinski definition) is 3. The largest absolute Gasteiger partial charge is 0.399 e. The molecule has 1 aromatic carbocycles. The number of nitrogens with one attached hydrogen (secondary N) is 1. The molecule has 0 aliphatic carbocycles. The first-order valence-corrected chi connectivity index (χ1v) is 6.02. The average molecular weight is 251 g/mol. The Morgan fingerprint density at radius 3 is 2.44 bits per heavy atom. The normalized spacial score (nSPS) is 12.1. The number of carbonyl (C=O) groups is 1. The summed E-state index contributed by atoms with van der Waals surface area (Å²) < 4.78 is 5.08. The molecule has 18 heavy (non-hydrogen) atoms. The molecule has 0 saturated heterocycles. The molecule has 0 spiro atoms. The summed E-state index contributed by atoms with van der Waals surface area (Å²) in [6.45, 7) is 2.56. The van der Waals surface area contributed by atoms with Crippen LogP contribution in [0.5, 0.6) is 0 Å². The van der Waals surface area contributed by atoms with Gasteiger partial charge in [-0.25, -0.2) is 0 Å². The van der Waals surface area contributed by atoms with Crippen LogP contribution in [0.25, 0.3) is 0 Å². The number of anilines is 2. The molecule has 0 aliphatic rings. The van der Waals surface area contributed by atoms with E-state index in [2.05, 4.69) is 12.2 Å². The van der Waals surface area contributed by atoms with Gasteiger partial charge in [0.25, 0.3) is 5.91 Å². The van der Waals surface area contributed by atoms with Crippen LogP contribution in [0.1, 0.15) is 30.1 Å². The van der Waals surface area contributed by atoms with Crippen LogP contribution in [0.2, 0.25) is 0 Å². The number of ether oxygens (including phenoxy) is 1. The number of methoxy groups -OCH3 is 1. The summed E-state index contributed by atoms with van der Waals surface area (Å²) in [7, 11) is 1.62. The van der Waals surface area contributed by atoms with E-state index in [-0.39, 0.29) is 11.9 Å². The third kappa shape index (κ3) is 4.25. The molecule has 5 N–H and O–H groups in total. The molecule has 5 heteroatoms. The summed E-state index contributed by atoms with van der Waals surface area (Å²) in [5.74, 6) is -0.176. The molecule has 0 fully saturated rings. The lowest BCUT2D eigenvalue weighted by Gasteiger charge is -2.17. The zero-order valence-electron chi connectivity index (χ0n) is 10.9. The molecule has 100 valence electrons. The third-order valence-electron chi connectivity index (χ3n) is 2.58. The fourth-order valence-electron chi connectivity index (χ4n) is 1.82. The van der Waals surface area contributed by atoms with Crippen molar-refractivity contribution in [3.05, 3.63) is 23.8 Å². The third-order valence-corrected chi connectivity index (χ3v) is 2.58. The second-order valence-corrected chi connectivity index (χ2v) is 4.30. The summed E-state index contributed by atoms with van der Waals surface area (Å²) in [6, 6.07) is 4.86. The van der Waals surface area contributed by atoms with Crippen molar-refractivity contribution < 1.29 is 9.53 Å². The second kappa shape index (κ2) is 6.86. The smallest absolute Gasteiger partial charge is 0.251 e. The first kappa shape index (κ1) is 14.3. The maximum atomic E-state index is 12.0. The lowest BCUT2D eigenvalue weighted by atomic mass is 10.1. The fraction of sp³-hybridized carbons (Fsp3) is 0.462. The molecule has 0 aliphatic heterocycles. The van der Waals surface area contributed by atoms with Crippen LogP contribution < -0.4 is 16.8 Å². The molecule has 1 unspecified atom stereocenters.